The second-order valence-corrected chi connectivity index (χ2v) is 8.66. The van der Waals surface area contributed by atoms with E-state index in [0.29, 0.717) is 19.4 Å². The molecule has 0 aliphatic rings. The van der Waals surface area contributed by atoms with E-state index in [2.05, 4.69) is 8.16 Å². The Bertz CT molecular complexity index is 562. The van der Waals surface area contributed by atoms with Crippen molar-refractivity contribution in [1.82, 2.24) is 4.31 Å². The summed E-state index contributed by atoms with van der Waals surface area (Å²) in [4.78, 5) is 0. The summed E-state index contributed by atoms with van der Waals surface area (Å²) in [6.07, 6.45) is 0.892. The summed E-state index contributed by atoms with van der Waals surface area (Å²) in [5.41, 5.74) is 0. The maximum absolute atomic E-state index is 12.6. The Hall–Kier alpha value is -0.430. The zero-order valence-electron chi connectivity index (χ0n) is 13.4. The Morgan fingerprint density at radius 2 is 1.70 bits per heavy atom. The van der Waals surface area contributed by atoms with Crippen molar-refractivity contribution in [3.05, 3.63) is 0 Å². The summed E-state index contributed by atoms with van der Waals surface area (Å²) < 4.78 is 83.9. The van der Waals surface area contributed by atoms with Gasteiger partial charge in [0.1, 0.15) is 0 Å². The van der Waals surface area contributed by atoms with Gasteiger partial charge in [-0.25, -0.2) is 4.21 Å². The van der Waals surface area contributed by atoms with Crippen molar-refractivity contribution >= 4 is 20.2 Å². The van der Waals surface area contributed by atoms with Crippen LogP contribution in [0.2, 0.25) is 0 Å². The number of ether oxygens (including phenoxy) is 1. The predicted octanol–water partition coefficient (Wildman–Crippen LogP) is 2.51. The van der Waals surface area contributed by atoms with Crippen LogP contribution in [0.25, 0.3) is 0 Å². The average Bonchev–Trinajstić information content (AvgIpc) is 2.45. The summed E-state index contributed by atoms with van der Waals surface area (Å²) in [7, 11) is -8.56. The number of rotatable bonds is 11. The molecule has 12 heteroatoms. The Kier molecular flexibility index (Phi) is 9.58. The highest BCUT2D eigenvalue weighted by atomic mass is 32.3. The molecule has 0 saturated heterocycles. The van der Waals surface area contributed by atoms with Gasteiger partial charge in [-0.05, 0) is 30.2 Å². The highest BCUT2D eigenvalue weighted by Crippen LogP contribution is 2.21. The van der Waals surface area contributed by atoms with Crippen molar-refractivity contribution in [2.75, 3.05) is 20.3 Å². The fourth-order valence-corrected chi connectivity index (χ4v) is 4.44. The van der Waals surface area contributed by atoms with Crippen molar-refractivity contribution in [2.24, 2.45) is 9.69 Å². The van der Waals surface area contributed by atoms with Gasteiger partial charge in [0.15, 0.2) is 0 Å². The normalized spacial score (nSPS) is 16.8. The van der Waals surface area contributed by atoms with Gasteiger partial charge in [0, 0.05) is 26.3 Å². The summed E-state index contributed by atoms with van der Waals surface area (Å²) >= 11 is 0. The van der Waals surface area contributed by atoms with E-state index in [1.807, 2.05) is 0 Å². The zero-order chi connectivity index (χ0) is 18.3. The second kappa shape index (κ2) is 9.77. The van der Waals surface area contributed by atoms with E-state index >= 15 is 0 Å². The first-order valence-electron chi connectivity index (χ1n) is 6.88. The molecule has 0 aromatic heterocycles. The molecule has 0 bridgehead atoms. The van der Waals surface area contributed by atoms with Gasteiger partial charge < -0.3 is 4.74 Å². The van der Waals surface area contributed by atoms with Crippen molar-refractivity contribution < 1.29 is 35.1 Å². The van der Waals surface area contributed by atoms with Crippen LogP contribution in [-0.2, 0) is 29.3 Å². The average molecular weight is 384 g/mol. The van der Waals surface area contributed by atoms with E-state index in [1.54, 1.807) is 20.8 Å². The molecule has 0 aliphatic heterocycles. The minimum absolute atomic E-state index is 0.0560. The van der Waals surface area contributed by atoms with Crippen LogP contribution in [0.5, 0.6) is 0 Å². The van der Waals surface area contributed by atoms with Crippen molar-refractivity contribution in [3.8, 4) is 0 Å². The molecule has 0 N–H and O–H groups in total. The van der Waals surface area contributed by atoms with Gasteiger partial charge in [0.25, 0.3) is 10.0 Å². The molecule has 0 rings (SSSR count). The van der Waals surface area contributed by atoms with E-state index in [-0.39, 0.29) is 12.5 Å². The lowest BCUT2D eigenvalue weighted by Crippen LogP contribution is -2.41. The van der Waals surface area contributed by atoms with E-state index in [9.17, 15) is 25.9 Å². The molecule has 23 heavy (non-hydrogen) atoms. The highest BCUT2D eigenvalue weighted by Gasteiger charge is 2.34. The van der Waals surface area contributed by atoms with Crippen molar-refractivity contribution in [3.63, 3.8) is 0 Å². The molecular formula is C11H23F3N2O5S2. The standard InChI is InChI=1S/C11H23F3N2O5S2/c1-9(2)10(3)16(7-5-6-8-20-4)23(18,19)15-22(17,21-14)11(12)13/h9-11H,5-8H2,1-4H3/t10-,22?/m0/s1. The van der Waals surface area contributed by atoms with Gasteiger partial charge in [-0.2, -0.15) is 21.5 Å². The third-order valence-electron chi connectivity index (χ3n) is 3.21. The maximum atomic E-state index is 12.6. The molecule has 0 aromatic carbocycles. The van der Waals surface area contributed by atoms with E-state index in [0.717, 1.165) is 4.31 Å². The number of alkyl halides is 2. The van der Waals surface area contributed by atoms with Crippen LogP contribution in [0.1, 0.15) is 33.6 Å². The third-order valence-corrected chi connectivity index (χ3v) is 6.53. The smallest absolute Gasteiger partial charge is 0.346 e. The number of hydrogen-bond donors (Lipinski definition) is 0. The molecule has 0 radical (unpaired) electrons. The number of hydrogen-bond acceptors (Lipinski definition) is 5. The first kappa shape index (κ1) is 22.6. The summed E-state index contributed by atoms with van der Waals surface area (Å²) in [5.74, 6) is -4.07. The molecule has 0 saturated carbocycles. The maximum Gasteiger partial charge on any atom is 0.346 e. The monoisotopic (exact) mass is 384 g/mol. The lowest BCUT2D eigenvalue weighted by Gasteiger charge is -2.29. The summed E-state index contributed by atoms with van der Waals surface area (Å²) in [6.45, 7) is 5.33. The van der Waals surface area contributed by atoms with E-state index in [4.69, 9.17) is 4.74 Å². The van der Waals surface area contributed by atoms with Crippen LogP contribution in [0.15, 0.2) is 3.77 Å². The first-order chi connectivity index (χ1) is 10.5. The minimum atomic E-state index is -5.27. The SMILES string of the molecule is COCCCCN([C@@H](C)C(C)C)S(=O)(=O)N=S(=O)(OF)C(F)F. The van der Waals surface area contributed by atoms with Crippen LogP contribution in [0.4, 0.5) is 13.3 Å². The van der Waals surface area contributed by atoms with E-state index in [1.165, 1.54) is 7.11 Å². The summed E-state index contributed by atoms with van der Waals surface area (Å²) in [5, 5.41) is 0. The van der Waals surface area contributed by atoms with Crippen LogP contribution >= 0.6 is 0 Å². The quantitative estimate of drug-likeness (QED) is 0.511. The third kappa shape index (κ3) is 6.91. The van der Waals surface area contributed by atoms with E-state index < -0.39 is 32.0 Å². The molecule has 0 amide bonds. The van der Waals surface area contributed by atoms with Gasteiger partial charge in [-0.15, -0.1) is 0 Å². The number of nitrogens with zero attached hydrogens (tertiary/aromatic N) is 2. The molecule has 140 valence electrons. The Labute approximate surface area is 135 Å². The van der Waals surface area contributed by atoms with Crippen molar-refractivity contribution in [1.29, 1.82) is 0 Å². The molecule has 7 nitrogen and oxygen atoms in total. The number of unbranched alkanes of at least 4 members (excludes halogenated alkanes) is 1. The fourth-order valence-electron chi connectivity index (χ4n) is 1.62. The molecule has 0 heterocycles. The van der Waals surface area contributed by atoms with Crippen LogP contribution in [0, 0.1) is 5.92 Å². The van der Waals surface area contributed by atoms with Crippen LogP contribution in [0.3, 0.4) is 0 Å². The predicted molar refractivity (Wildman–Crippen MR) is 79.8 cm³/mol. The molecule has 2 atom stereocenters. The van der Waals surface area contributed by atoms with Gasteiger partial charge >= 0.3 is 16.0 Å². The topological polar surface area (TPSA) is 85.3 Å². The first-order valence-corrected chi connectivity index (χ1v) is 9.78. The molecule has 0 aliphatic carbocycles. The largest absolute Gasteiger partial charge is 0.385 e. The van der Waals surface area contributed by atoms with Gasteiger partial charge in [-0.1, -0.05) is 22.0 Å². The molecule has 0 aromatic rings. The van der Waals surface area contributed by atoms with Gasteiger partial charge in [0.2, 0.25) is 0 Å². The summed E-state index contributed by atoms with van der Waals surface area (Å²) in [6, 6.07) is -0.618. The van der Waals surface area contributed by atoms with Gasteiger partial charge in [0.05, 0.1) is 0 Å². The Morgan fingerprint density at radius 1 is 1.13 bits per heavy atom. The molecule has 0 fully saturated rings. The number of halogens is 3. The fraction of sp³-hybridized carbons (Fsp3) is 1.00. The molecule has 0 spiro atoms. The molecule has 1 unspecified atom stereocenters. The molecular weight excluding hydrogens is 361 g/mol. The minimum Gasteiger partial charge on any atom is -0.385 e. The zero-order valence-corrected chi connectivity index (χ0v) is 15.1. The Balaban J connectivity index is 5.59. The van der Waals surface area contributed by atoms with Crippen molar-refractivity contribution in [2.45, 2.75) is 45.4 Å². The number of methoxy groups -OCH3 is 1. The lowest BCUT2D eigenvalue weighted by molar-refractivity contribution is -0.000830. The Morgan fingerprint density at radius 3 is 2.09 bits per heavy atom. The van der Waals surface area contributed by atoms with Crippen LogP contribution < -0.4 is 0 Å². The highest BCUT2D eigenvalue weighted by molar-refractivity contribution is 8.00. The lowest BCUT2D eigenvalue weighted by atomic mass is 10.1. The van der Waals surface area contributed by atoms with Crippen LogP contribution in [-0.4, -0.2) is 49.0 Å². The van der Waals surface area contributed by atoms with Gasteiger partial charge in [-0.3, -0.25) is 0 Å². The second-order valence-electron chi connectivity index (χ2n) is 5.19.